The number of carbonyl (C=O) groups is 4. The molecule has 2 heterocycles. The molecule has 2 fully saturated rings. The van der Waals surface area contributed by atoms with E-state index >= 15 is 0 Å². The summed E-state index contributed by atoms with van der Waals surface area (Å²) in [7, 11) is 0. The Balaban J connectivity index is 1.63. The minimum Gasteiger partial charge on any atom is -0.465 e. The number of nitrogens with zero attached hydrogens (tertiary/aromatic N) is 6. The lowest BCUT2D eigenvalue weighted by Crippen LogP contribution is -2.56. The Hall–Kier alpha value is -5.52. The third-order valence-electron chi connectivity index (χ3n) is 7.81. The minimum atomic E-state index is -2.95. The fourth-order valence-corrected chi connectivity index (χ4v) is 5.61. The van der Waals surface area contributed by atoms with E-state index in [1.807, 2.05) is 6.07 Å². The number of amides is 4. The van der Waals surface area contributed by atoms with Crippen molar-refractivity contribution in [2.45, 2.75) is 50.7 Å². The predicted molar refractivity (Wildman–Crippen MR) is 161 cm³/mol. The number of benzene rings is 2. The van der Waals surface area contributed by atoms with Crippen molar-refractivity contribution in [2.75, 3.05) is 29.5 Å². The lowest BCUT2D eigenvalue weighted by atomic mass is 9.87. The molecule has 1 aliphatic carbocycles. The molecule has 12 nitrogen and oxygen atoms in total. The first-order chi connectivity index (χ1) is 22.4. The zero-order chi connectivity index (χ0) is 33.9. The van der Waals surface area contributed by atoms with Crippen LogP contribution in [0.15, 0.2) is 60.8 Å². The quantitative estimate of drug-likeness (QED) is 0.327. The van der Waals surface area contributed by atoms with Crippen LogP contribution in [0.5, 0.6) is 0 Å². The molecule has 15 heteroatoms. The lowest BCUT2D eigenvalue weighted by molar-refractivity contribution is -0.143. The number of halogens is 3. The van der Waals surface area contributed by atoms with Gasteiger partial charge in [-0.3, -0.25) is 19.3 Å². The molecule has 1 saturated carbocycles. The number of ether oxygens (including phenoxy) is 1. The lowest BCUT2D eigenvalue weighted by Gasteiger charge is -2.39. The summed E-state index contributed by atoms with van der Waals surface area (Å²) in [6.45, 7) is 2.37. The van der Waals surface area contributed by atoms with Crippen molar-refractivity contribution in [1.29, 1.82) is 5.26 Å². The fraction of sp³-hybridized carbons (Fsp3) is 0.344. The number of carbonyl (C=O) groups excluding carboxylic acids is 4. The van der Waals surface area contributed by atoms with E-state index in [-0.39, 0.29) is 23.9 Å². The molecule has 1 aliphatic heterocycles. The summed E-state index contributed by atoms with van der Waals surface area (Å²) in [6.07, 6.45) is 0.0346. The van der Waals surface area contributed by atoms with Crippen LogP contribution < -0.4 is 15.1 Å². The third kappa shape index (κ3) is 7.01. The number of urea groups is 1. The first-order valence-corrected chi connectivity index (χ1v) is 14.7. The van der Waals surface area contributed by atoms with Gasteiger partial charge >= 0.3 is 12.0 Å². The standard InChI is InChI=1S/C32H30F3N7O5/c1-3-47-26(43)18-40-17-25(42(31(40)46)30-37-12-11-21(16-36)39-30)29(45)41(23-9-6-8-20(33)13-23)27(24-10-5-4-7-19(24)2)28(44)38-22-14-32(34,35)15-22/h4-13,22,25,27H,3,14-15,17-18H2,1-2H3,(H,38,44)/t25-,27?/m0/s1. The highest BCUT2D eigenvalue weighted by Crippen LogP contribution is 2.39. The number of hydrogen-bond donors (Lipinski definition) is 1. The van der Waals surface area contributed by atoms with Gasteiger partial charge in [0.15, 0.2) is 0 Å². The molecule has 5 rings (SSSR count). The van der Waals surface area contributed by atoms with Crippen LogP contribution in [0.1, 0.15) is 42.6 Å². The largest absolute Gasteiger partial charge is 0.465 e. The molecule has 1 aromatic heterocycles. The normalized spacial score (nSPS) is 17.8. The highest BCUT2D eigenvalue weighted by atomic mass is 19.3. The van der Waals surface area contributed by atoms with Crippen LogP contribution in [0.25, 0.3) is 0 Å². The Kier molecular flexibility index (Phi) is 9.41. The molecule has 244 valence electrons. The van der Waals surface area contributed by atoms with Gasteiger partial charge in [-0.15, -0.1) is 0 Å². The highest BCUT2D eigenvalue weighted by molar-refractivity contribution is 6.10. The van der Waals surface area contributed by atoms with Crippen molar-refractivity contribution < 1.29 is 37.1 Å². The average Bonchev–Trinajstić information content (AvgIpc) is 3.34. The number of hydrogen-bond acceptors (Lipinski definition) is 8. The summed E-state index contributed by atoms with van der Waals surface area (Å²) in [5, 5.41) is 12.0. The molecule has 2 aliphatic rings. The van der Waals surface area contributed by atoms with Crippen molar-refractivity contribution in [3.63, 3.8) is 0 Å². The van der Waals surface area contributed by atoms with Gasteiger partial charge in [0, 0.05) is 30.8 Å². The van der Waals surface area contributed by atoms with Crippen LogP contribution in [-0.4, -0.2) is 76.4 Å². The number of aryl methyl sites for hydroxylation is 1. The number of aromatic nitrogens is 2. The maximum absolute atomic E-state index is 14.8. The number of rotatable bonds is 10. The second-order valence-corrected chi connectivity index (χ2v) is 11.1. The molecular weight excluding hydrogens is 619 g/mol. The second kappa shape index (κ2) is 13.5. The maximum atomic E-state index is 14.8. The monoisotopic (exact) mass is 649 g/mol. The predicted octanol–water partition coefficient (Wildman–Crippen LogP) is 3.66. The van der Waals surface area contributed by atoms with E-state index in [4.69, 9.17) is 4.74 Å². The first-order valence-electron chi connectivity index (χ1n) is 14.7. The zero-order valence-electron chi connectivity index (χ0n) is 25.4. The van der Waals surface area contributed by atoms with Crippen molar-refractivity contribution in [2.24, 2.45) is 0 Å². The molecule has 1 saturated heterocycles. The Labute approximate surface area is 267 Å². The molecule has 0 bridgehead atoms. The van der Waals surface area contributed by atoms with Crippen molar-refractivity contribution in [3.8, 4) is 6.07 Å². The molecular formula is C32H30F3N7O5. The summed E-state index contributed by atoms with van der Waals surface area (Å²) < 4.78 is 47.2. The van der Waals surface area contributed by atoms with Crippen LogP contribution in [0.4, 0.5) is 29.6 Å². The average molecular weight is 650 g/mol. The van der Waals surface area contributed by atoms with Crippen molar-refractivity contribution >= 4 is 35.5 Å². The summed E-state index contributed by atoms with van der Waals surface area (Å²) in [6, 6.07) is 9.87. The van der Waals surface area contributed by atoms with Gasteiger partial charge in [-0.05, 0) is 49.2 Å². The molecule has 47 heavy (non-hydrogen) atoms. The van der Waals surface area contributed by atoms with Gasteiger partial charge < -0.3 is 15.0 Å². The van der Waals surface area contributed by atoms with E-state index in [9.17, 15) is 37.6 Å². The number of anilines is 2. The van der Waals surface area contributed by atoms with E-state index in [1.165, 1.54) is 24.4 Å². The van der Waals surface area contributed by atoms with Crippen LogP contribution in [0.2, 0.25) is 0 Å². The molecule has 2 atom stereocenters. The first kappa shape index (κ1) is 32.9. The summed E-state index contributed by atoms with van der Waals surface area (Å²) in [5.41, 5.74) is 0.694. The van der Waals surface area contributed by atoms with Gasteiger partial charge in [-0.25, -0.2) is 32.8 Å². The van der Waals surface area contributed by atoms with Crippen LogP contribution >= 0.6 is 0 Å². The third-order valence-corrected chi connectivity index (χ3v) is 7.81. The summed E-state index contributed by atoms with van der Waals surface area (Å²) >= 11 is 0. The van der Waals surface area contributed by atoms with Gasteiger partial charge in [0.25, 0.3) is 11.8 Å². The van der Waals surface area contributed by atoms with Gasteiger partial charge in [-0.1, -0.05) is 30.3 Å². The Morgan fingerprint density at radius 2 is 1.91 bits per heavy atom. The van der Waals surface area contributed by atoms with E-state index < -0.39 is 79.6 Å². The van der Waals surface area contributed by atoms with E-state index in [1.54, 1.807) is 38.1 Å². The van der Waals surface area contributed by atoms with Gasteiger partial charge in [-0.2, -0.15) is 5.26 Å². The molecule has 4 amide bonds. The number of alkyl halides is 2. The fourth-order valence-electron chi connectivity index (χ4n) is 5.61. The molecule has 3 aromatic rings. The molecule has 2 aromatic carbocycles. The maximum Gasteiger partial charge on any atom is 0.328 e. The van der Waals surface area contributed by atoms with Crippen LogP contribution in [0, 0.1) is 24.1 Å². The minimum absolute atomic E-state index is 0.0355. The van der Waals surface area contributed by atoms with Crippen molar-refractivity contribution in [1.82, 2.24) is 20.2 Å². The Morgan fingerprint density at radius 3 is 2.57 bits per heavy atom. The van der Waals surface area contributed by atoms with E-state index in [0.29, 0.717) is 11.1 Å². The summed E-state index contributed by atoms with van der Waals surface area (Å²) in [5.74, 6) is -6.47. The molecule has 0 spiro atoms. The van der Waals surface area contributed by atoms with Gasteiger partial charge in [0.2, 0.25) is 11.9 Å². The Morgan fingerprint density at radius 1 is 1.17 bits per heavy atom. The van der Waals surface area contributed by atoms with E-state index in [0.717, 1.165) is 26.8 Å². The topological polar surface area (TPSA) is 149 Å². The highest BCUT2D eigenvalue weighted by Gasteiger charge is 2.50. The smallest absolute Gasteiger partial charge is 0.328 e. The van der Waals surface area contributed by atoms with Gasteiger partial charge in [0.05, 0.1) is 13.2 Å². The molecule has 1 unspecified atom stereocenters. The van der Waals surface area contributed by atoms with Crippen LogP contribution in [0.3, 0.4) is 0 Å². The number of nitriles is 1. The number of nitrogens with one attached hydrogen (secondary N) is 1. The Bertz CT molecular complexity index is 1740. The molecule has 1 N–H and O–H groups in total. The SMILES string of the molecule is CCOC(=O)CN1C[C@@H](C(=O)N(c2cccc(F)c2)C(C(=O)NC2CC(F)(F)C2)c2ccccc2C)N(c2nccc(C#N)n2)C1=O. The van der Waals surface area contributed by atoms with Crippen molar-refractivity contribution in [3.05, 3.63) is 83.4 Å². The van der Waals surface area contributed by atoms with E-state index in [2.05, 4.69) is 15.3 Å². The number of esters is 1. The molecule has 0 radical (unpaired) electrons. The summed E-state index contributed by atoms with van der Waals surface area (Å²) in [4.78, 5) is 66.2. The van der Waals surface area contributed by atoms with Crippen LogP contribution in [-0.2, 0) is 19.1 Å². The van der Waals surface area contributed by atoms with Gasteiger partial charge in [0.1, 0.15) is 36.2 Å². The second-order valence-electron chi connectivity index (χ2n) is 11.1. The zero-order valence-corrected chi connectivity index (χ0v) is 25.4.